The van der Waals surface area contributed by atoms with Gasteiger partial charge < -0.3 is 4.42 Å². The summed E-state index contributed by atoms with van der Waals surface area (Å²) in [5.74, 6) is 0.992. The van der Waals surface area contributed by atoms with Crippen LogP contribution in [-0.4, -0.2) is 0 Å². The third kappa shape index (κ3) is 2.77. The van der Waals surface area contributed by atoms with Crippen molar-refractivity contribution in [2.45, 2.75) is 45.4 Å². The average Bonchev–Trinajstić information content (AvgIpc) is 2.49. The highest BCUT2D eigenvalue weighted by Crippen LogP contribution is 2.31. The van der Waals surface area contributed by atoms with Crippen molar-refractivity contribution in [1.29, 1.82) is 0 Å². The molecule has 0 radical (unpaired) electrons. The van der Waals surface area contributed by atoms with Gasteiger partial charge in [-0.2, -0.15) is 0 Å². The standard InChI is InChI=1S/C11H17ClO/c1-4-5-8-11(2,3)9-6-7-10(12)13-9/h6-7H,4-5,8H2,1-3H3. The van der Waals surface area contributed by atoms with E-state index in [0.717, 1.165) is 12.2 Å². The van der Waals surface area contributed by atoms with Crippen molar-refractivity contribution in [2.24, 2.45) is 0 Å². The van der Waals surface area contributed by atoms with Crippen molar-refractivity contribution in [2.75, 3.05) is 0 Å². The largest absolute Gasteiger partial charge is 0.449 e. The molecule has 1 heterocycles. The number of unbranched alkanes of at least 4 members (excludes halogenated alkanes) is 1. The van der Waals surface area contributed by atoms with Crippen molar-refractivity contribution >= 4 is 11.6 Å². The number of halogens is 1. The second-order valence-corrected chi connectivity index (χ2v) is 4.46. The summed E-state index contributed by atoms with van der Waals surface area (Å²) < 4.78 is 5.41. The SMILES string of the molecule is CCCCC(C)(C)c1ccc(Cl)o1. The van der Waals surface area contributed by atoms with Crippen molar-refractivity contribution in [3.05, 3.63) is 23.1 Å². The molecule has 74 valence electrons. The smallest absolute Gasteiger partial charge is 0.193 e. The molecule has 0 spiro atoms. The highest BCUT2D eigenvalue weighted by atomic mass is 35.5. The van der Waals surface area contributed by atoms with Gasteiger partial charge in [0.05, 0.1) is 0 Å². The van der Waals surface area contributed by atoms with Crippen LogP contribution in [0.15, 0.2) is 16.5 Å². The highest BCUT2D eigenvalue weighted by molar-refractivity contribution is 6.28. The zero-order valence-corrected chi connectivity index (χ0v) is 9.32. The summed E-state index contributed by atoms with van der Waals surface area (Å²) >= 11 is 5.73. The maximum absolute atomic E-state index is 5.73. The molecule has 0 saturated carbocycles. The summed E-state index contributed by atoms with van der Waals surface area (Å²) in [7, 11) is 0. The lowest BCUT2D eigenvalue weighted by Gasteiger charge is -2.21. The first-order chi connectivity index (χ1) is 6.06. The number of furan rings is 1. The molecule has 1 nitrogen and oxygen atoms in total. The van der Waals surface area contributed by atoms with Crippen LogP contribution < -0.4 is 0 Å². The Morgan fingerprint density at radius 2 is 2.08 bits per heavy atom. The maximum Gasteiger partial charge on any atom is 0.193 e. The predicted molar refractivity (Wildman–Crippen MR) is 56.3 cm³/mol. The van der Waals surface area contributed by atoms with Gasteiger partial charge in [0.15, 0.2) is 5.22 Å². The van der Waals surface area contributed by atoms with Crippen LogP contribution in [0, 0.1) is 0 Å². The fourth-order valence-corrected chi connectivity index (χ4v) is 1.57. The third-order valence-corrected chi connectivity index (χ3v) is 2.60. The molecule has 0 aliphatic heterocycles. The Kier molecular flexibility index (Phi) is 3.43. The van der Waals surface area contributed by atoms with E-state index in [4.69, 9.17) is 16.0 Å². The molecule has 0 unspecified atom stereocenters. The average molecular weight is 201 g/mol. The molecule has 0 aromatic carbocycles. The predicted octanol–water partition coefficient (Wildman–Crippen LogP) is 4.40. The molecule has 1 rings (SSSR count). The van der Waals surface area contributed by atoms with E-state index in [1.165, 1.54) is 12.8 Å². The number of hydrogen-bond donors (Lipinski definition) is 0. The topological polar surface area (TPSA) is 13.1 Å². The second-order valence-electron chi connectivity index (χ2n) is 4.09. The number of rotatable bonds is 4. The fraction of sp³-hybridized carbons (Fsp3) is 0.636. The normalized spacial score (nSPS) is 12.0. The van der Waals surface area contributed by atoms with Crippen LogP contribution in [0.25, 0.3) is 0 Å². The van der Waals surface area contributed by atoms with Gasteiger partial charge in [-0.15, -0.1) is 0 Å². The molecule has 0 aliphatic rings. The molecule has 0 amide bonds. The zero-order chi connectivity index (χ0) is 9.90. The van der Waals surface area contributed by atoms with Gasteiger partial charge in [0.25, 0.3) is 0 Å². The first kappa shape index (κ1) is 10.6. The number of hydrogen-bond acceptors (Lipinski definition) is 1. The van der Waals surface area contributed by atoms with Gasteiger partial charge >= 0.3 is 0 Å². The summed E-state index contributed by atoms with van der Waals surface area (Å²) in [6.45, 7) is 6.58. The van der Waals surface area contributed by atoms with Gasteiger partial charge in [-0.1, -0.05) is 33.6 Å². The lowest BCUT2D eigenvalue weighted by molar-refractivity contribution is 0.356. The van der Waals surface area contributed by atoms with Crippen LogP contribution in [0.4, 0.5) is 0 Å². The summed E-state index contributed by atoms with van der Waals surface area (Å²) in [5, 5.41) is 0.486. The van der Waals surface area contributed by atoms with Gasteiger partial charge in [-0.3, -0.25) is 0 Å². The molecule has 0 aliphatic carbocycles. The molecule has 13 heavy (non-hydrogen) atoms. The molecule has 0 saturated heterocycles. The minimum atomic E-state index is 0.114. The summed E-state index contributed by atoms with van der Waals surface area (Å²) in [5.41, 5.74) is 0.114. The molecule has 0 N–H and O–H groups in total. The van der Waals surface area contributed by atoms with Gasteiger partial charge in [0.1, 0.15) is 5.76 Å². The Balaban J connectivity index is 2.68. The summed E-state index contributed by atoms with van der Waals surface area (Å²) in [4.78, 5) is 0. The minimum Gasteiger partial charge on any atom is -0.449 e. The van der Waals surface area contributed by atoms with E-state index in [2.05, 4.69) is 20.8 Å². The van der Waals surface area contributed by atoms with Crippen molar-refractivity contribution < 1.29 is 4.42 Å². The molecular weight excluding hydrogens is 184 g/mol. The molecule has 1 aromatic heterocycles. The van der Waals surface area contributed by atoms with E-state index in [1.807, 2.05) is 12.1 Å². The van der Waals surface area contributed by atoms with Gasteiger partial charge in [-0.05, 0) is 30.2 Å². The van der Waals surface area contributed by atoms with Gasteiger partial charge in [-0.25, -0.2) is 0 Å². The molecule has 1 aromatic rings. The molecule has 2 heteroatoms. The Labute approximate surface area is 85.1 Å². The Bertz CT molecular complexity index is 263. The van der Waals surface area contributed by atoms with E-state index < -0.39 is 0 Å². The van der Waals surface area contributed by atoms with Crippen molar-refractivity contribution in [3.8, 4) is 0 Å². The molecule has 0 fully saturated rings. The minimum absolute atomic E-state index is 0.114. The van der Waals surface area contributed by atoms with Crippen LogP contribution in [0.5, 0.6) is 0 Å². The quantitative estimate of drug-likeness (QED) is 0.702. The second kappa shape index (κ2) is 4.19. The Morgan fingerprint density at radius 3 is 2.54 bits per heavy atom. The first-order valence-corrected chi connectivity index (χ1v) is 5.20. The lowest BCUT2D eigenvalue weighted by Crippen LogP contribution is -2.15. The first-order valence-electron chi connectivity index (χ1n) is 4.82. The van der Waals surface area contributed by atoms with E-state index >= 15 is 0 Å². The van der Waals surface area contributed by atoms with E-state index in [9.17, 15) is 0 Å². The van der Waals surface area contributed by atoms with Gasteiger partial charge in [0, 0.05) is 5.41 Å². The van der Waals surface area contributed by atoms with E-state index in [1.54, 1.807) is 0 Å². The lowest BCUT2D eigenvalue weighted by atomic mass is 9.85. The molecular formula is C11H17ClO. The van der Waals surface area contributed by atoms with Crippen molar-refractivity contribution in [1.82, 2.24) is 0 Å². The van der Waals surface area contributed by atoms with Crippen molar-refractivity contribution in [3.63, 3.8) is 0 Å². The van der Waals surface area contributed by atoms with E-state index in [0.29, 0.717) is 5.22 Å². The fourth-order valence-electron chi connectivity index (χ4n) is 1.42. The maximum atomic E-state index is 5.73. The van der Waals surface area contributed by atoms with Gasteiger partial charge in [0.2, 0.25) is 0 Å². The summed E-state index contributed by atoms with van der Waals surface area (Å²) in [6.07, 6.45) is 3.59. The monoisotopic (exact) mass is 200 g/mol. The van der Waals surface area contributed by atoms with Crippen LogP contribution in [0.2, 0.25) is 5.22 Å². The zero-order valence-electron chi connectivity index (χ0n) is 8.56. The van der Waals surface area contributed by atoms with Crippen LogP contribution in [-0.2, 0) is 5.41 Å². The Hall–Kier alpha value is -0.430. The molecule has 0 bridgehead atoms. The molecule has 0 atom stereocenters. The summed E-state index contributed by atoms with van der Waals surface area (Å²) in [6, 6.07) is 3.78. The van der Waals surface area contributed by atoms with Crippen LogP contribution in [0.3, 0.4) is 0 Å². The van der Waals surface area contributed by atoms with Crippen LogP contribution >= 0.6 is 11.6 Å². The van der Waals surface area contributed by atoms with E-state index in [-0.39, 0.29) is 5.41 Å². The third-order valence-electron chi connectivity index (χ3n) is 2.40. The highest BCUT2D eigenvalue weighted by Gasteiger charge is 2.23. The Morgan fingerprint density at radius 1 is 1.38 bits per heavy atom. The van der Waals surface area contributed by atoms with Crippen LogP contribution in [0.1, 0.15) is 45.8 Å².